The summed E-state index contributed by atoms with van der Waals surface area (Å²) in [7, 11) is 0. The number of phenols is 1. The van der Waals surface area contributed by atoms with Gasteiger partial charge in [0, 0.05) is 17.4 Å². The summed E-state index contributed by atoms with van der Waals surface area (Å²) in [6.07, 6.45) is 13.0. The van der Waals surface area contributed by atoms with Gasteiger partial charge in [-0.05, 0) is 122 Å². The predicted molar refractivity (Wildman–Crippen MR) is 175 cm³/mol. The lowest BCUT2D eigenvalue weighted by atomic mass is 9.33. The number of carbonyl (C=O) groups is 2. The van der Waals surface area contributed by atoms with E-state index in [1.807, 2.05) is 6.92 Å². The summed E-state index contributed by atoms with van der Waals surface area (Å²) in [6, 6.07) is 6.74. The molecule has 3 N–H and O–H groups in total. The van der Waals surface area contributed by atoms with E-state index < -0.39 is 17.0 Å². The molecule has 10 atom stereocenters. The number of rotatable bonds is 4. The van der Waals surface area contributed by atoms with Crippen molar-refractivity contribution in [1.82, 2.24) is 0 Å². The summed E-state index contributed by atoms with van der Waals surface area (Å²) in [6.45, 7) is 16.0. The minimum Gasteiger partial charge on any atom is -0.508 e. The molecule has 0 heterocycles. The number of carboxylic acids is 1. The van der Waals surface area contributed by atoms with E-state index in [-0.39, 0.29) is 51.3 Å². The number of hydrogen-bond donors (Lipinski definition) is 3. The van der Waals surface area contributed by atoms with Crippen molar-refractivity contribution in [3.63, 3.8) is 0 Å². The van der Waals surface area contributed by atoms with Gasteiger partial charge in [-0.25, -0.2) is 4.79 Å². The Balaban J connectivity index is 1.28. The highest BCUT2D eigenvalue weighted by Gasteiger charge is 2.70. The number of phenolic OH excluding ortho intramolecular Hbond substituents is 1. The molecular weight excluding hydrogens is 564 g/mol. The topological polar surface area (TPSA) is 104 Å². The van der Waals surface area contributed by atoms with Crippen LogP contribution < -0.4 is 0 Å². The molecular formula is C39H54O6. The van der Waals surface area contributed by atoms with E-state index in [1.165, 1.54) is 11.6 Å². The van der Waals surface area contributed by atoms with Crippen molar-refractivity contribution in [3.8, 4) is 5.75 Å². The van der Waals surface area contributed by atoms with E-state index in [1.54, 1.807) is 30.3 Å². The van der Waals surface area contributed by atoms with Crippen LogP contribution >= 0.6 is 0 Å². The first-order valence-electron chi connectivity index (χ1n) is 17.3. The third-order valence-corrected chi connectivity index (χ3v) is 15.0. The minimum absolute atomic E-state index is 0.0163. The minimum atomic E-state index is -0.872. The molecule has 0 radical (unpaired) electrons. The molecule has 4 fully saturated rings. The second-order valence-electron chi connectivity index (χ2n) is 17.1. The standard InChI is InChI=1S/C39H54O6/c1-24-32-27-13-14-29-35(4)18-17-30(45-31(41)15-10-25-8-11-26(40)12-9-25)34(2,3)28(35)16-19-37(29,6)36(27,5)20-22-39(32,33(42)43)23-21-38(24,7)44/h8-13,15,24,28-30,32,40,44H,14,16-23H2,1-7H3,(H,42,43)/b15-10+/t24-,28+,29-,30+,32?,35+,36-,37-,38+,39-/m1/s1. The van der Waals surface area contributed by atoms with Crippen LogP contribution in [-0.4, -0.2) is 39.0 Å². The summed E-state index contributed by atoms with van der Waals surface area (Å²) in [5.74, 6) is -0.255. The van der Waals surface area contributed by atoms with Gasteiger partial charge in [-0.1, -0.05) is 65.3 Å². The molecule has 0 bridgehead atoms. The summed E-state index contributed by atoms with van der Waals surface area (Å²) >= 11 is 0. The Morgan fingerprint density at radius 1 is 0.889 bits per heavy atom. The first-order chi connectivity index (χ1) is 20.9. The molecule has 4 saturated carbocycles. The van der Waals surface area contributed by atoms with Gasteiger partial charge in [-0.15, -0.1) is 0 Å². The molecule has 5 aliphatic rings. The van der Waals surface area contributed by atoms with Crippen LogP contribution in [0, 0.1) is 50.7 Å². The molecule has 0 aromatic heterocycles. The lowest BCUT2D eigenvalue weighted by molar-refractivity contribution is -0.216. The second kappa shape index (κ2) is 10.5. The number of benzene rings is 1. The Bertz CT molecular complexity index is 1420. The van der Waals surface area contributed by atoms with E-state index in [9.17, 15) is 24.9 Å². The van der Waals surface area contributed by atoms with E-state index in [2.05, 4.69) is 47.6 Å². The van der Waals surface area contributed by atoms with Gasteiger partial charge in [0.1, 0.15) is 11.9 Å². The van der Waals surface area contributed by atoms with E-state index in [4.69, 9.17) is 4.74 Å². The van der Waals surface area contributed by atoms with Crippen LogP contribution in [-0.2, 0) is 14.3 Å². The van der Waals surface area contributed by atoms with Crippen molar-refractivity contribution in [3.05, 3.63) is 47.6 Å². The van der Waals surface area contributed by atoms with Crippen LogP contribution in [0.4, 0.5) is 0 Å². The molecule has 1 unspecified atom stereocenters. The molecule has 6 nitrogen and oxygen atoms in total. The van der Waals surface area contributed by atoms with Crippen LogP contribution in [0.5, 0.6) is 5.75 Å². The van der Waals surface area contributed by atoms with E-state index >= 15 is 0 Å². The molecule has 0 aliphatic heterocycles. The molecule has 0 amide bonds. The molecule has 6 heteroatoms. The van der Waals surface area contributed by atoms with Crippen LogP contribution in [0.3, 0.4) is 0 Å². The fourth-order valence-corrected chi connectivity index (χ4v) is 11.9. The highest BCUT2D eigenvalue weighted by atomic mass is 16.5. The molecule has 246 valence electrons. The Hall–Kier alpha value is -2.60. The number of esters is 1. The lowest BCUT2D eigenvalue weighted by Crippen LogP contribution is -2.66. The van der Waals surface area contributed by atoms with Crippen molar-refractivity contribution in [2.45, 2.75) is 118 Å². The summed E-state index contributed by atoms with van der Waals surface area (Å²) in [5, 5.41) is 31.6. The molecule has 0 spiro atoms. The Morgan fingerprint density at radius 3 is 2.22 bits per heavy atom. The van der Waals surface area contributed by atoms with E-state index in [0.717, 1.165) is 44.1 Å². The van der Waals surface area contributed by atoms with Crippen molar-refractivity contribution in [2.75, 3.05) is 0 Å². The first kappa shape index (κ1) is 32.3. The number of ether oxygens (including phenoxy) is 1. The van der Waals surface area contributed by atoms with Crippen LogP contribution in [0.1, 0.15) is 112 Å². The van der Waals surface area contributed by atoms with Gasteiger partial charge in [0.25, 0.3) is 0 Å². The average molecular weight is 619 g/mol. The Morgan fingerprint density at radius 2 is 1.56 bits per heavy atom. The van der Waals surface area contributed by atoms with Crippen molar-refractivity contribution < 1.29 is 29.6 Å². The molecule has 5 aliphatic carbocycles. The molecule has 6 rings (SSSR count). The summed E-state index contributed by atoms with van der Waals surface area (Å²) in [4.78, 5) is 26.0. The number of aliphatic carboxylic acids is 1. The van der Waals surface area contributed by atoms with Crippen molar-refractivity contribution in [1.29, 1.82) is 0 Å². The van der Waals surface area contributed by atoms with Gasteiger partial charge >= 0.3 is 11.9 Å². The average Bonchev–Trinajstić information content (AvgIpc) is 2.96. The monoisotopic (exact) mass is 618 g/mol. The number of hydrogen-bond acceptors (Lipinski definition) is 5. The number of aliphatic hydroxyl groups is 1. The predicted octanol–water partition coefficient (Wildman–Crippen LogP) is 8.17. The van der Waals surface area contributed by atoms with Crippen LogP contribution in [0.25, 0.3) is 6.08 Å². The quantitative estimate of drug-likeness (QED) is 0.179. The Kier molecular flexibility index (Phi) is 7.51. The molecule has 45 heavy (non-hydrogen) atoms. The number of carboxylic acid groups (broad SMARTS) is 1. The lowest BCUT2D eigenvalue weighted by Gasteiger charge is -2.71. The Labute approximate surface area is 269 Å². The van der Waals surface area contributed by atoms with Gasteiger partial charge in [0.05, 0.1) is 11.0 Å². The van der Waals surface area contributed by atoms with Gasteiger partial charge in [0.2, 0.25) is 0 Å². The zero-order valence-electron chi connectivity index (χ0n) is 28.4. The number of allylic oxidation sites excluding steroid dienone is 2. The van der Waals surface area contributed by atoms with Crippen molar-refractivity contribution in [2.24, 2.45) is 50.7 Å². The summed E-state index contributed by atoms with van der Waals surface area (Å²) < 4.78 is 6.17. The third kappa shape index (κ3) is 4.58. The van der Waals surface area contributed by atoms with Gasteiger partial charge < -0.3 is 20.1 Å². The van der Waals surface area contributed by atoms with Crippen LogP contribution in [0.15, 0.2) is 42.0 Å². The van der Waals surface area contributed by atoms with Gasteiger partial charge in [-0.3, -0.25) is 4.79 Å². The molecule has 1 aromatic rings. The zero-order valence-corrected chi connectivity index (χ0v) is 28.4. The van der Waals surface area contributed by atoms with Crippen LogP contribution in [0.2, 0.25) is 0 Å². The number of aromatic hydroxyl groups is 1. The SMILES string of the molecule is C[C@@H]1C2C3=CC[C@@H]4[C@@]5(C)CC[C@H](OC(=O)/C=C/c6ccc(O)cc6)C(C)(C)[C@@H]5CC[C@@]4(C)[C@]3(C)CC[C@@]2(C(=O)O)CC[C@]1(C)O. The number of fused-ring (bicyclic) bond motifs is 7. The smallest absolute Gasteiger partial charge is 0.331 e. The van der Waals surface area contributed by atoms with E-state index in [0.29, 0.717) is 31.1 Å². The first-order valence-corrected chi connectivity index (χ1v) is 17.3. The fraction of sp³-hybridized carbons (Fsp3) is 0.692. The fourth-order valence-electron chi connectivity index (χ4n) is 11.9. The maximum absolute atomic E-state index is 13.0. The molecule has 0 saturated heterocycles. The second-order valence-corrected chi connectivity index (χ2v) is 17.1. The van der Waals surface area contributed by atoms with Crippen molar-refractivity contribution >= 4 is 18.0 Å². The zero-order chi connectivity index (χ0) is 32.8. The highest BCUT2D eigenvalue weighted by Crippen LogP contribution is 2.76. The van der Waals surface area contributed by atoms with Gasteiger partial charge in [-0.2, -0.15) is 0 Å². The highest BCUT2D eigenvalue weighted by molar-refractivity contribution is 5.87. The maximum atomic E-state index is 13.0. The maximum Gasteiger partial charge on any atom is 0.331 e. The largest absolute Gasteiger partial charge is 0.508 e. The third-order valence-electron chi connectivity index (χ3n) is 15.0. The van der Waals surface area contributed by atoms with Gasteiger partial charge in [0.15, 0.2) is 0 Å². The summed E-state index contributed by atoms with van der Waals surface area (Å²) in [5.41, 5.74) is 0.247. The number of carbonyl (C=O) groups excluding carboxylic acids is 1. The normalized spacial score (nSPS) is 45.3. The molecule has 1 aromatic carbocycles.